The topological polar surface area (TPSA) is 54.5 Å². The van der Waals surface area contributed by atoms with Gasteiger partial charge in [0, 0.05) is 44.5 Å². The lowest BCUT2D eigenvalue weighted by molar-refractivity contribution is -0.124. The lowest BCUT2D eigenvalue weighted by Gasteiger charge is -2.35. The van der Waals surface area contributed by atoms with E-state index in [0.717, 1.165) is 26.1 Å². The lowest BCUT2D eigenvalue weighted by Crippen LogP contribution is -2.48. The van der Waals surface area contributed by atoms with Gasteiger partial charge in [-0.05, 0) is 36.6 Å². The molecule has 1 aliphatic rings. The number of aromatic nitrogens is 1. The molecule has 28 heavy (non-hydrogen) atoms. The van der Waals surface area contributed by atoms with Gasteiger partial charge in [0.1, 0.15) is 0 Å². The van der Waals surface area contributed by atoms with Crippen molar-refractivity contribution in [3.63, 3.8) is 0 Å². The van der Waals surface area contributed by atoms with Gasteiger partial charge in [-0.3, -0.25) is 14.7 Å². The fraction of sp³-hybridized carbons (Fsp3) is 0.391. The van der Waals surface area contributed by atoms with Gasteiger partial charge in [0.15, 0.2) is 0 Å². The number of hydrogen-bond donors (Lipinski definition) is 1. The highest BCUT2D eigenvalue weighted by Gasteiger charge is 2.25. The summed E-state index contributed by atoms with van der Waals surface area (Å²) in [7, 11) is 0. The molecule has 1 saturated heterocycles. The summed E-state index contributed by atoms with van der Waals surface area (Å²) in [6.45, 7) is 5.83. The highest BCUT2D eigenvalue weighted by atomic mass is 16.5. The van der Waals surface area contributed by atoms with Gasteiger partial charge in [-0.25, -0.2) is 0 Å². The van der Waals surface area contributed by atoms with Crippen molar-refractivity contribution in [3.05, 3.63) is 71.6 Å². The van der Waals surface area contributed by atoms with Crippen LogP contribution < -0.4 is 5.32 Å². The molecule has 1 fully saturated rings. The maximum Gasteiger partial charge on any atom is 0.221 e. The predicted octanol–water partition coefficient (Wildman–Crippen LogP) is 2.93. The van der Waals surface area contributed by atoms with Crippen LogP contribution in [-0.4, -0.2) is 54.7 Å². The molecule has 3 rings (SSSR count). The summed E-state index contributed by atoms with van der Waals surface area (Å²) in [5.41, 5.74) is 3.68. The number of nitrogens with one attached hydrogen (secondary N) is 1. The third-order valence-electron chi connectivity index (χ3n) is 4.92. The monoisotopic (exact) mass is 379 g/mol. The quantitative estimate of drug-likeness (QED) is 0.766. The minimum atomic E-state index is 0.0826. The number of rotatable bonds is 8. The number of benzene rings is 1. The van der Waals surface area contributed by atoms with Gasteiger partial charge in [-0.15, -0.1) is 0 Å². The van der Waals surface area contributed by atoms with E-state index in [1.165, 1.54) is 16.7 Å². The zero-order valence-electron chi connectivity index (χ0n) is 16.5. The maximum absolute atomic E-state index is 12.4. The van der Waals surface area contributed by atoms with Crippen molar-refractivity contribution in [1.29, 1.82) is 0 Å². The molecular formula is C23H29N3O2. The molecule has 0 aliphatic carbocycles. The van der Waals surface area contributed by atoms with Gasteiger partial charge in [0.05, 0.1) is 13.2 Å². The summed E-state index contributed by atoms with van der Waals surface area (Å²) in [4.78, 5) is 18.8. The molecule has 1 aliphatic heterocycles. The highest BCUT2D eigenvalue weighted by Crippen LogP contribution is 2.15. The number of pyridine rings is 1. The molecule has 148 valence electrons. The first-order valence-corrected chi connectivity index (χ1v) is 9.90. The first-order chi connectivity index (χ1) is 13.7. The molecule has 0 radical (unpaired) electrons. The number of carbonyl (C=O) groups excluding carboxylic acids is 1. The van der Waals surface area contributed by atoms with Crippen LogP contribution in [0.2, 0.25) is 0 Å². The average molecular weight is 380 g/mol. The third kappa shape index (κ3) is 6.59. The fourth-order valence-corrected chi connectivity index (χ4v) is 3.47. The summed E-state index contributed by atoms with van der Waals surface area (Å²) in [6.07, 6.45) is 7.05. The zero-order chi connectivity index (χ0) is 19.6. The summed E-state index contributed by atoms with van der Waals surface area (Å²) in [5.74, 6) is 0.0826. The summed E-state index contributed by atoms with van der Waals surface area (Å²) in [6, 6.07) is 14.4. The van der Waals surface area contributed by atoms with Crippen molar-refractivity contribution in [1.82, 2.24) is 15.2 Å². The Labute approximate surface area is 167 Å². The molecule has 1 aromatic heterocycles. The average Bonchev–Trinajstić information content (AvgIpc) is 2.71. The van der Waals surface area contributed by atoms with E-state index in [-0.39, 0.29) is 11.9 Å². The minimum absolute atomic E-state index is 0.0826. The molecule has 5 heteroatoms. The second kappa shape index (κ2) is 10.7. The number of nitrogens with zero attached hydrogens (tertiary/aromatic N) is 2. The molecule has 5 nitrogen and oxygen atoms in total. The van der Waals surface area contributed by atoms with Crippen molar-refractivity contribution in [2.45, 2.75) is 25.8 Å². The molecular weight excluding hydrogens is 350 g/mol. The lowest BCUT2D eigenvalue weighted by atomic mass is 10.1. The van der Waals surface area contributed by atoms with Gasteiger partial charge in [0.25, 0.3) is 0 Å². The van der Waals surface area contributed by atoms with E-state index >= 15 is 0 Å². The Hall–Kier alpha value is -2.50. The number of carbonyl (C=O) groups is 1. The van der Waals surface area contributed by atoms with Gasteiger partial charge in [0.2, 0.25) is 5.91 Å². The standard InChI is InChI=1S/C23H29N3O2/c1-19(15-21-5-3-2-4-6-21)17-26-13-14-28-18-22(26)16-23(27)25-12-9-20-7-10-24-11-8-20/h2-8,10-11,15,22H,9,12-14,16-18H2,1H3,(H,25,27)/b19-15+/t22-/m1/s1. The van der Waals surface area contributed by atoms with Crippen LogP contribution in [0.4, 0.5) is 0 Å². The van der Waals surface area contributed by atoms with Crippen LogP contribution in [-0.2, 0) is 16.0 Å². The molecule has 0 bridgehead atoms. The largest absolute Gasteiger partial charge is 0.378 e. The van der Waals surface area contributed by atoms with E-state index in [0.29, 0.717) is 19.6 Å². The molecule has 2 aromatic rings. The van der Waals surface area contributed by atoms with Crippen LogP contribution in [0.3, 0.4) is 0 Å². The molecule has 2 heterocycles. The molecule has 0 spiro atoms. The van der Waals surface area contributed by atoms with Crippen molar-refractivity contribution in [3.8, 4) is 0 Å². The van der Waals surface area contributed by atoms with E-state index in [4.69, 9.17) is 4.74 Å². The van der Waals surface area contributed by atoms with E-state index in [1.54, 1.807) is 12.4 Å². The van der Waals surface area contributed by atoms with Gasteiger partial charge in [-0.2, -0.15) is 0 Å². The smallest absolute Gasteiger partial charge is 0.221 e. The van der Waals surface area contributed by atoms with Gasteiger partial charge in [-0.1, -0.05) is 42.0 Å². The number of ether oxygens (including phenoxy) is 1. The van der Waals surface area contributed by atoms with Crippen molar-refractivity contribution < 1.29 is 9.53 Å². The minimum Gasteiger partial charge on any atom is -0.378 e. The van der Waals surface area contributed by atoms with Gasteiger partial charge < -0.3 is 10.1 Å². The normalized spacial score (nSPS) is 18.0. The second-order valence-electron chi connectivity index (χ2n) is 7.26. The van der Waals surface area contributed by atoms with E-state index in [1.807, 2.05) is 30.3 Å². The molecule has 0 unspecified atom stereocenters. The predicted molar refractivity (Wildman–Crippen MR) is 112 cm³/mol. The van der Waals surface area contributed by atoms with Crippen LogP contribution in [0.1, 0.15) is 24.5 Å². The Morgan fingerprint density at radius 3 is 2.82 bits per heavy atom. The Kier molecular flexibility index (Phi) is 7.76. The first kappa shape index (κ1) is 20.2. The number of hydrogen-bond acceptors (Lipinski definition) is 4. The van der Waals surface area contributed by atoms with Crippen LogP contribution in [0.25, 0.3) is 6.08 Å². The fourth-order valence-electron chi connectivity index (χ4n) is 3.47. The second-order valence-corrected chi connectivity index (χ2v) is 7.26. The van der Waals surface area contributed by atoms with Gasteiger partial charge >= 0.3 is 0 Å². The number of morpholine rings is 1. The number of amides is 1. The summed E-state index contributed by atoms with van der Waals surface area (Å²) in [5, 5.41) is 3.04. The molecule has 0 saturated carbocycles. The summed E-state index contributed by atoms with van der Waals surface area (Å²) >= 11 is 0. The van der Waals surface area contributed by atoms with Crippen LogP contribution in [0.5, 0.6) is 0 Å². The Bertz CT molecular complexity index is 762. The maximum atomic E-state index is 12.4. The Morgan fingerprint density at radius 2 is 2.04 bits per heavy atom. The Balaban J connectivity index is 1.48. The molecule has 1 amide bonds. The van der Waals surface area contributed by atoms with E-state index < -0.39 is 0 Å². The zero-order valence-corrected chi connectivity index (χ0v) is 16.5. The van der Waals surface area contributed by atoms with E-state index in [9.17, 15) is 4.79 Å². The van der Waals surface area contributed by atoms with Crippen molar-refractivity contribution in [2.75, 3.05) is 32.8 Å². The molecule has 1 aromatic carbocycles. The third-order valence-corrected chi connectivity index (χ3v) is 4.92. The van der Waals surface area contributed by atoms with Crippen LogP contribution >= 0.6 is 0 Å². The van der Waals surface area contributed by atoms with Crippen molar-refractivity contribution >= 4 is 12.0 Å². The van der Waals surface area contributed by atoms with Crippen LogP contribution in [0.15, 0.2) is 60.4 Å². The SMILES string of the molecule is C/C(=C\c1ccccc1)CN1CCOC[C@H]1CC(=O)NCCc1ccncc1. The highest BCUT2D eigenvalue weighted by molar-refractivity contribution is 5.76. The van der Waals surface area contributed by atoms with Crippen LogP contribution in [0, 0.1) is 0 Å². The molecule has 1 atom stereocenters. The first-order valence-electron chi connectivity index (χ1n) is 9.90. The Morgan fingerprint density at radius 1 is 1.25 bits per heavy atom. The van der Waals surface area contributed by atoms with E-state index in [2.05, 4.69) is 40.3 Å². The summed E-state index contributed by atoms with van der Waals surface area (Å²) < 4.78 is 5.64. The molecule has 1 N–H and O–H groups in total. The van der Waals surface area contributed by atoms with Crippen molar-refractivity contribution in [2.24, 2.45) is 0 Å².